The minimum absolute atomic E-state index is 0.0476. The highest BCUT2D eigenvalue weighted by molar-refractivity contribution is 7.08. The minimum atomic E-state index is -0.0476. The number of rotatable bonds is 2. The molecule has 3 nitrogen and oxygen atoms in total. The van der Waals surface area contributed by atoms with E-state index in [1.54, 1.807) is 11.3 Å². The third-order valence-electron chi connectivity index (χ3n) is 5.62. The first-order valence-corrected chi connectivity index (χ1v) is 10.1. The van der Waals surface area contributed by atoms with Gasteiger partial charge in [0.15, 0.2) is 0 Å². The molecule has 2 aromatic rings. The second-order valence-electron chi connectivity index (χ2n) is 8.33. The zero-order valence-corrected chi connectivity index (χ0v) is 16.0. The predicted octanol–water partition coefficient (Wildman–Crippen LogP) is 5.04. The Kier molecular flexibility index (Phi) is 4.38. The largest absolute Gasteiger partial charge is 0.394 e. The summed E-state index contributed by atoms with van der Waals surface area (Å²) in [5.74, 6) is 0.403. The van der Waals surface area contributed by atoms with E-state index in [9.17, 15) is 5.11 Å². The van der Waals surface area contributed by atoms with Gasteiger partial charge in [-0.2, -0.15) is 11.3 Å². The standard InChI is InChI=1S/C21H27NO2S/c1-21(2,3)14-4-7-18-17(10-14)20-16(6-5-15(11-23)24-20)19(22-18)13-8-9-25-12-13/h4,7-10,12,15-16,19-20,22-23H,5-6,11H2,1-3H3/t15-,16-,19-,20-/m1/s1. The molecule has 0 unspecified atom stereocenters. The van der Waals surface area contributed by atoms with Crippen LogP contribution in [-0.4, -0.2) is 17.8 Å². The van der Waals surface area contributed by atoms with Gasteiger partial charge in [0.25, 0.3) is 0 Å². The quantitative estimate of drug-likeness (QED) is 0.791. The summed E-state index contributed by atoms with van der Waals surface area (Å²) in [7, 11) is 0. The van der Waals surface area contributed by atoms with E-state index in [2.05, 4.69) is 61.1 Å². The molecule has 2 aliphatic heterocycles. The molecule has 2 N–H and O–H groups in total. The molecule has 0 saturated carbocycles. The van der Waals surface area contributed by atoms with Gasteiger partial charge < -0.3 is 15.2 Å². The number of aliphatic hydroxyl groups is 1. The van der Waals surface area contributed by atoms with Crippen LogP contribution in [0.4, 0.5) is 5.69 Å². The van der Waals surface area contributed by atoms with E-state index >= 15 is 0 Å². The molecule has 4 rings (SSSR count). The van der Waals surface area contributed by atoms with Crippen molar-refractivity contribution in [1.29, 1.82) is 0 Å². The number of thiophene rings is 1. The Bertz CT molecular complexity index is 735. The summed E-state index contributed by atoms with van der Waals surface area (Å²) in [5, 5.41) is 17.8. The molecule has 4 heteroatoms. The topological polar surface area (TPSA) is 41.5 Å². The first-order chi connectivity index (χ1) is 12.0. The molecule has 0 radical (unpaired) electrons. The highest BCUT2D eigenvalue weighted by atomic mass is 32.1. The molecule has 1 fully saturated rings. The average molecular weight is 358 g/mol. The van der Waals surface area contributed by atoms with Crippen molar-refractivity contribution < 1.29 is 9.84 Å². The fourth-order valence-corrected chi connectivity index (χ4v) is 4.84. The van der Waals surface area contributed by atoms with Crippen molar-refractivity contribution in [3.8, 4) is 0 Å². The Hall–Kier alpha value is -1.36. The fourth-order valence-electron chi connectivity index (χ4n) is 4.14. The first-order valence-electron chi connectivity index (χ1n) is 9.17. The van der Waals surface area contributed by atoms with E-state index < -0.39 is 0 Å². The van der Waals surface area contributed by atoms with Crippen LogP contribution in [0, 0.1) is 5.92 Å². The second-order valence-corrected chi connectivity index (χ2v) is 9.11. The third kappa shape index (κ3) is 3.12. The van der Waals surface area contributed by atoms with Crippen molar-refractivity contribution in [2.45, 2.75) is 57.3 Å². The van der Waals surface area contributed by atoms with Crippen LogP contribution in [0.15, 0.2) is 35.0 Å². The Balaban J connectivity index is 1.77. The van der Waals surface area contributed by atoms with Gasteiger partial charge in [0.2, 0.25) is 0 Å². The second kappa shape index (κ2) is 6.42. The summed E-state index contributed by atoms with van der Waals surface area (Å²) in [6.07, 6.45) is 2.00. The van der Waals surface area contributed by atoms with Crippen LogP contribution in [0.5, 0.6) is 0 Å². The number of ether oxygens (including phenoxy) is 1. The molecule has 134 valence electrons. The summed E-state index contributed by atoms with van der Waals surface area (Å²) in [6, 6.07) is 9.24. The summed E-state index contributed by atoms with van der Waals surface area (Å²) >= 11 is 1.74. The lowest BCUT2D eigenvalue weighted by Gasteiger charge is -2.45. The van der Waals surface area contributed by atoms with Crippen molar-refractivity contribution >= 4 is 17.0 Å². The van der Waals surface area contributed by atoms with E-state index in [-0.39, 0.29) is 30.3 Å². The van der Waals surface area contributed by atoms with Crippen molar-refractivity contribution in [1.82, 2.24) is 0 Å². The number of aliphatic hydroxyl groups excluding tert-OH is 1. The fraction of sp³-hybridized carbons (Fsp3) is 0.524. The van der Waals surface area contributed by atoms with Gasteiger partial charge in [-0.15, -0.1) is 0 Å². The molecule has 1 aromatic heterocycles. The van der Waals surface area contributed by atoms with Crippen LogP contribution < -0.4 is 5.32 Å². The van der Waals surface area contributed by atoms with Crippen molar-refractivity contribution in [2.75, 3.05) is 11.9 Å². The zero-order chi connectivity index (χ0) is 17.6. The Labute approximate surface area is 154 Å². The van der Waals surface area contributed by atoms with E-state index in [4.69, 9.17) is 4.74 Å². The molecule has 0 amide bonds. The van der Waals surface area contributed by atoms with E-state index in [1.807, 2.05) is 0 Å². The van der Waals surface area contributed by atoms with Gasteiger partial charge in [-0.1, -0.05) is 32.9 Å². The zero-order valence-electron chi connectivity index (χ0n) is 15.2. The van der Waals surface area contributed by atoms with E-state index in [0.29, 0.717) is 5.92 Å². The summed E-state index contributed by atoms with van der Waals surface area (Å²) in [6.45, 7) is 6.84. The molecule has 2 aliphatic rings. The maximum absolute atomic E-state index is 9.62. The molecule has 0 aliphatic carbocycles. The maximum atomic E-state index is 9.62. The van der Waals surface area contributed by atoms with Gasteiger partial charge in [0.1, 0.15) is 0 Å². The Morgan fingerprint density at radius 3 is 2.76 bits per heavy atom. The molecule has 0 spiro atoms. The van der Waals surface area contributed by atoms with Crippen LogP contribution in [0.25, 0.3) is 0 Å². The normalized spacial score (nSPS) is 28.8. The van der Waals surface area contributed by atoms with Gasteiger partial charge in [-0.3, -0.25) is 0 Å². The van der Waals surface area contributed by atoms with Gasteiger partial charge >= 0.3 is 0 Å². The molecule has 25 heavy (non-hydrogen) atoms. The lowest BCUT2D eigenvalue weighted by atomic mass is 9.75. The lowest BCUT2D eigenvalue weighted by Crippen LogP contribution is -2.40. The summed E-state index contributed by atoms with van der Waals surface area (Å²) in [5.41, 5.74) is 5.21. The van der Waals surface area contributed by atoms with Crippen molar-refractivity contribution in [3.05, 3.63) is 51.7 Å². The highest BCUT2D eigenvalue weighted by Gasteiger charge is 2.42. The van der Waals surface area contributed by atoms with Crippen LogP contribution in [-0.2, 0) is 10.2 Å². The first kappa shape index (κ1) is 17.1. The highest BCUT2D eigenvalue weighted by Crippen LogP contribution is 2.51. The van der Waals surface area contributed by atoms with Gasteiger partial charge in [0, 0.05) is 17.2 Å². The monoisotopic (exact) mass is 357 g/mol. The Morgan fingerprint density at radius 1 is 1.24 bits per heavy atom. The Morgan fingerprint density at radius 2 is 2.08 bits per heavy atom. The minimum Gasteiger partial charge on any atom is -0.394 e. The van der Waals surface area contributed by atoms with Gasteiger partial charge in [-0.05, 0) is 52.3 Å². The molecular weight excluding hydrogens is 330 g/mol. The van der Waals surface area contributed by atoms with E-state index in [0.717, 1.165) is 12.8 Å². The average Bonchev–Trinajstić information content (AvgIpc) is 3.13. The molecular formula is C21H27NO2S. The van der Waals surface area contributed by atoms with Gasteiger partial charge in [0.05, 0.1) is 24.9 Å². The van der Waals surface area contributed by atoms with E-state index in [1.165, 1.54) is 22.4 Å². The number of fused-ring (bicyclic) bond motifs is 3. The number of benzene rings is 1. The molecule has 4 atom stereocenters. The maximum Gasteiger partial charge on any atom is 0.0900 e. The number of anilines is 1. The molecule has 1 aromatic carbocycles. The number of hydrogen-bond donors (Lipinski definition) is 2. The van der Waals surface area contributed by atoms with Crippen LogP contribution in [0.2, 0.25) is 0 Å². The van der Waals surface area contributed by atoms with Gasteiger partial charge in [-0.25, -0.2) is 0 Å². The summed E-state index contributed by atoms with van der Waals surface area (Å²) < 4.78 is 6.38. The summed E-state index contributed by atoms with van der Waals surface area (Å²) in [4.78, 5) is 0. The van der Waals surface area contributed by atoms with Crippen LogP contribution >= 0.6 is 11.3 Å². The molecule has 1 saturated heterocycles. The van der Waals surface area contributed by atoms with Crippen molar-refractivity contribution in [3.63, 3.8) is 0 Å². The van der Waals surface area contributed by atoms with Crippen LogP contribution in [0.3, 0.4) is 0 Å². The lowest BCUT2D eigenvalue weighted by molar-refractivity contribution is -0.110. The van der Waals surface area contributed by atoms with Crippen molar-refractivity contribution in [2.24, 2.45) is 5.92 Å². The molecule has 3 heterocycles. The predicted molar refractivity (Wildman–Crippen MR) is 103 cm³/mol. The SMILES string of the molecule is CC(C)(C)c1ccc2c(c1)[C@@H]1O[C@@H](CO)CC[C@@H]1[C@@H](c1ccsc1)N2. The third-order valence-corrected chi connectivity index (χ3v) is 6.32. The number of hydrogen-bond acceptors (Lipinski definition) is 4. The molecule has 0 bridgehead atoms. The number of nitrogens with one attached hydrogen (secondary N) is 1. The smallest absolute Gasteiger partial charge is 0.0900 e. The van der Waals surface area contributed by atoms with Crippen LogP contribution in [0.1, 0.15) is 62.4 Å².